The molecule has 0 saturated carbocycles. The largest absolute Gasteiger partial charge is 0.469 e. The number of hydrogen-bond acceptors (Lipinski definition) is 4. The monoisotopic (exact) mass is 304 g/mol. The summed E-state index contributed by atoms with van der Waals surface area (Å²) >= 11 is 5.73. The molecule has 1 aromatic heterocycles. The number of halogens is 1. The van der Waals surface area contributed by atoms with E-state index >= 15 is 0 Å². The van der Waals surface area contributed by atoms with Gasteiger partial charge < -0.3 is 10.1 Å². The summed E-state index contributed by atoms with van der Waals surface area (Å²) in [6, 6.07) is 10.1. The number of methoxy groups -OCH3 is 1. The van der Waals surface area contributed by atoms with E-state index in [0.29, 0.717) is 16.3 Å². The highest BCUT2D eigenvalue weighted by Crippen LogP contribution is 2.17. The number of carbonyl (C=O) groups is 2. The minimum atomic E-state index is -0.374. The van der Waals surface area contributed by atoms with Crippen molar-refractivity contribution in [2.24, 2.45) is 0 Å². The molecule has 2 rings (SSSR count). The minimum Gasteiger partial charge on any atom is -0.469 e. The second kappa shape index (κ2) is 6.85. The lowest BCUT2D eigenvalue weighted by molar-refractivity contribution is -0.139. The fourth-order valence-electron chi connectivity index (χ4n) is 1.72. The molecule has 1 aromatic carbocycles. The molecule has 1 N–H and O–H groups in total. The average molecular weight is 305 g/mol. The van der Waals surface area contributed by atoms with Gasteiger partial charge in [-0.2, -0.15) is 0 Å². The molecule has 108 valence electrons. The number of rotatable bonds is 4. The number of aromatic nitrogens is 1. The third-order valence-electron chi connectivity index (χ3n) is 2.79. The lowest BCUT2D eigenvalue weighted by Crippen LogP contribution is -2.16. The molecular formula is C15H13ClN2O3. The molecule has 1 amide bonds. The highest BCUT2D eigenvalue weighted by atomic mass is 35.5. The molecule has 0 aliphatic heterocycles. The van der Waals surface area contributed by atoms with Crippen molar-refractivity contribution in [1.29, 1.82) is 0 Å². The van der Waals surface area contributed by atoms with E-state index in [-0.39, 0.29) is 24.0 Å². The van der Waals surface area contributed by atoms with Crippen molar-refractivity contribution in [2.45, 2.75) is 6.42 Å². The predicted octanol–water partition coefficient (Wildman–Crippen LogP) is 2.70. The zero-order valence-corrected chi connectivity index (χ0v) is 12.1. The second-order valence-corrected chi connectivity index (χ2v) is 4.66. The normalized spacial score (nSPS) is 10.0. The van der Waals surface area contributed by atoms with Gasteiger partial charge >= 0.3 is 5.97 Å². The van der Waals surface area contributed by atoms with Gasteiger partial charge in [0.25, 0.3) is 5.91 Å². The smallest absolute Gasteiger partial charge is 0.310 e. The second-order valence-electron chi connectivity index (χ2n) is 4.23. The van der Waals surface area contributed by atoms with E-state index in [1.807, 2.05) is 0 Å². The third-order valence-corrected chi connectivity index (χ3v) is 3.01. The zero-order valence-electron chi connectivity index (χ0n) is 11.3. The van der Waals surface area contributed by atoms with Crippen molar-refractivity contribution < 1.29 is 14.3 Å². The minimum absolute atomic E-state index is 0.0843. The maximum absolute atomic E-state index is 12.1. The molecule has 0 fully saturated rings. The predicted molar refractivity (Wildman–Crippen MR) is 79.4 cm³/mol. The van der Waals surface area contributed by atoms with Gasteiger partial charge in [-0.15, -0.1) is 0 Å². The molecule has 21 heavy (non-hydrogen) atoms. The fraction of sp³-hybridized carbons (Fsp3) is 0.133. The molecule has 1 heterocycles. The number of nitrogens with one attached hydrogen (secondary N) is 1. The highest BCUT2D eigenvalue weighted by Gasteiger charge is 2.12. The van der Waals surface area contributed by atoms with Crippen LogP contribution in [0.15, 0.2) is 42.6 Å². The molecule has 6 heteroatoms. The van der Waals surface area contributed by atoms with Crippen molar-refractivity contribution in [3.63, 3.8) is 0 Å². The summed E-state index contributed by atoms with van der Waals surface area (Å²) in [5.74, 6) is -0.745. The third kappa shape index (κ3) is 4.03. The maximum atomic E-state index is 12.1. The molecule has 2 aromatic rings. The zero-order chi connectivity index (χ0) is 15.2. The Kier molecular flexibility index (Phi) is 4.90. The molecule has 0 aliphatic rings. The van der Waals surface area contributed by atoms with Crippen LogP contribution in [0.5, 0.6) is 0 Å². The summed E-state index contributed by atoms with van der Waals surface area (Å²) in [6.07, 6.45) is 1.48. The van der Waals surface area contributed by atoms with Crippen LogP contribution in [0.1, 0.15) is 16.1 Å². The number of nitrogens with zero attached hydrogens (tertiary/aromatic N) is 1. The summed E-state index contributed by atoms with van der Waals surface area (Å²) in [5.41, 5.74) is 1.46. The van der Waals surface area contributed by atoms with Crippen molar-refractivity contribution in [3.05, 3.63) is 58.9 Å². The Hall–Kier alpha value is -2.40. The van der Waals surface area contributed by atoms with Crippen LogP contribution in [0.2, 0.25) is 5.02 Å². The van der Waals surface area contributed by atoms with E-state index in [9.17, 15) is 9.59 Å². The van der Waals surface area contributed by atoms with Crippen LogP contribution in [-0.2, 0) is 16.0 Å². The first-order valence-corrected chi connectivity index (χ1v) is 6.55. The number of anilines is 1. The molecular weight excluding hydrogens is 292 g/mol. The van der Waals surface area contributed by atoms with Crippen molar-refractivity contribution in [3.8, 4) is 0 Å². The van der Waals surface area contributed by atoms with Gasteiger partial charge in [-0.3, -0.25) is 9.59 Å². The Labute approximate surface area is 126 Å². The van der Waals surface area contributed by atoms with E-state index in [0.717, 1.165) is 0 Å². The number of benzene rings is 1. The summed E-state index contributed by atoms with van der Waals surface area (Å²) in [6.45, 7) is 0. The highest BCUT2D eigenvalue weighted by molar-refractivity contribution is 6.30. The Morgan fingerprint density at radius 1 is 1.24 bits per heavy atom. The Balaban J connectivity index is 2.17. The van der Waals surface area contributed by atoms with E-state index in [2.05, 4.69) is 15.0 Å². The van der Waals surface area contributed by atoms with Crippen molar-refractivity contribution in [1.82, 2.24) is 4.98 Å². The first kappa shape index (κ1) is 15.0. The number of carbonyl (C=O) groups excluding carboxylic acids is 2. The SMILES string of the molecule is COC(=O)Cc1ccccc1NC(=O)c1ccc(Cl)cn1. The van der Waals surface area contributed by atoms with E-state index in [1.165, 1.54) is 19.4 Å². The van der Waals surface area contributed by atoms with Crippen LogP contribution in [0, 0.1) is 0 Å². The molecule has 0 bridgehead atoms. The number of pyridine rings is 1. The average Bonchev–Trinajstić information content (AvgIpc) is 2.49. The van der Waals surface area contributed by atoms with Crippen molar-refractivity contribution in [2.75, 3.05) is 12.4 Å². The van der Waals surface area contributed by atoms with E-state index in [1.54, 1.807) is 30.3 Å². The first-order valence-electron chi connectivity index (χ1n) is 6.18. The van der Waals surface area contributed by atoms with Gasteiger partial charge in [-0.05, 0) is 23.8 Å². The van der Waals surface area contributed by atoms with E-state index in [4.69, 9.17) is 11.6 Å². The molecule has 0 atom stereocenters. The van der Waals surface area contributed by atoms with Gasteiger partial charge in [0.05, 0.1) is 18.6 Å². The lowest BCUT2D eigenvalue weighted by Gasteiger charge is -2.10. The summed E-state index contributed by atoms with van der Waals surface area (Å²) < 4.78 is 4.63. The van der Waals surface area contributed by atoms with Gasteiger partial charge in [0.2, 0.25) is 0 Å². The van der Waals surface area contributed by atoms with Crippen LogP contribution in [-0.4, -0.2) is 24.0 Å². The fourth-order valence-corrected chi connectivity index (χ4v) is 1.83. The van der Waals surface area contributed by atoms with Crippen molar-refractivity contribution >= 4 is 29.2 Å². The van der Waals surface area contributed by atoms with Crippen LogP contribution >= 0.6 is 11.6 Å². The number of para-hydroxylation sites is 1. The number of hydrogen-bond donors (Lipinski definition) is 1. The number of ether oxygens (including phenoxy) is 1. The topological polar surface area (TPSA) is 68.3 Å². The number of esters is 1. The molecule has 0 radical (unpaired) electrons. The Morgan fingerprint density at radius 3 is 2.67 bits per heavy atom. The lowest BCUT2D eigenvalue weighted by atomic mass is 10.1. The van der Waals surface area contributed by atoms with Gasteiger partial charge in [0, 0.05) is 11.9 Å². The quantitative estimate of drug-likeness (QED) is 0.882. The van der Waals surface area contributed by atoms with Crippen LogP contribution in [0.25, 0.3) is 0 Å². The molecule has 0 saturated heterocycles. The van der Waals surface area contributed by atoms with Crippen LogP contribution in [0.4, 0.5) is 5.69 Å². The molecule has 0 aliphatic carbocycles. The van der Waals surface area contributed by atoms with Gasteiger partial charge in [0.1, 0.15) is 5.69 Å². The van der Waals surface area contributed by atoms with Gasteiger partial charge in [-0.1, -0.05) is 29.8 Å². The van der Waals surface area contributed by atoms with Crippen LogP contribution in [0.3, 0.4) is 0 Å². The molecule has 5 nitrogen and oxygen atoms in total. The Bertz CT molecular complexity index is 656. The molecule has 0 unspecified atom stereocenters. The first-order chi connectivity index (χ1) is 10.1. The number of amides is 1. The van der Waals surface area contributed by atoms with Crippen LogP contribution < -0.4 is 5.32 Å². The summed E-state index contributed by atoms with van der Waals surface area (Å²) in [5, 5.41) is 3.18. The maximum Gasteiger partial charge on any atom is 0.310 e. The summed E-state index contributed by atoms with van der Waals surface area (Å²) in [4.78, 5) is 27.4. The van der Waals surface area contributed by atoms with E-state index < -0.39 is 0 Å². The standard InChI is InChI=1S/C15H13ClN2O3/c1-21-14(19)8-10-4-2-3-5-12(10)18-15(20)13-7-6-11(16)9-17-13/h2-7,9H,8H2,1H3,(H,18,20). The summed E-state index contributed by atoms with van der Waals surface area (Å²) in [7, 11) is 1.32. The molecule has 0 spiro atoms. The van der Waals surface area contributed by atoms with Gasteiger partial charge in [0.15, 0.2) is 0 Å². The Morgan fingerprint density at radius 2 is 2.00 bits per heavy atom. The van der Waals surface area contributed by atoms with Gasteiger partial charge in [-0.25, -0.2) is 4.98 Å².